The van der Waals surface area contributed by atoms with Gasteiger partial charge >= 0.3 is 0 Å². The number of rotatable bonds is 5. The Morgan fingerprint density at radius 1 is 1.23 bits per heavy atom. The molecule has 1 aromatic heterocycles. The first-order chi connectivity index (χ1) is 14.9. The highest BCUT2D eigenvalue weighted by Gasteiger charge is 2.35. The smallest absolute Gasteiger partial charge is 0.284 e. The first-order valence-electron chi connectivity index (χ1n) is 8.84. The van der Waals surface area contributed by atoms with E-state index in [4.69, 9.17) is 21.4 Å². The van der Waals surface area contributed by atoms with Gasteiger partial charge in [-0.25, -0.2) is 4.39 Å². The van der Waals surface area contributed by atoms with Crippen molar-refractivity contribution in [3.05, 3.63) is 81.2 Å². The average Bonchev–Trinajstić information content (AvgIpc) is 3.32. The third kappa shape index (κ3) is 3.94. The Bertz CT molecular complexity index is 1250. The standard InChI is InChI=1S/C21H13FN2O5S2/c1-28-12-6-8-14(17(10-12)24(26)27)18-9-7-13(29-18)11-19-20(25)23(21(30)31-19)16-5-3-2-4-15(16)22/h2-11H,1H3/b19-11-. The Kier molecular flexibility index (Phi) is 5.57. The van der Waals surface area contributed by atoms with Crippen LogP contribution in [0, 0.1) is 15.9 Å². The maximum absolute atomic E-state index is 14.1. The predicted octanol–water partition coefficient (Wildman–Crippen LogP) is 5.41. The van der Waals surface area contributed by atoms with Gasteiger partial charge in [0.25, 0.3) is 11.6 Å². The topological polar surface area (TPSA) is 85.8 Å². The maximum atomic E-state index is 14.1. The minimum absolute atomic E-state index is 0.0717. The Balaban J connectivity index is 1.65. The molecule has 4 rings (SSSR count). The van der Waals surface area contributed by atoms with E-state index in [2.05, 4.69) is 0 Å². The van der Waals surface area contributed by atoms with E-state index in [1.54, 1.807) is 24.3 Å². The van der Waals surface area contributed by atoms with Crippen LogP contribution in [0.3, 0.4) is 0 Å². The van der Waals surface area contributed by atoms with Gasteiger partial charge in [-0.1, -0.05) is 36.1 Å². The van der Waals surface area contributed by atoms with Gasteiger partial charge in [0.1, 0.15) is 23.1 Å². The molecule has 156 valence electrons. The molecule has 2 heterocycles. The van der Waals surface area contributed by atoms with Crippen LogP contribution in [0.15, 0.2) is 63.9 Å². The number of hydrogen-bond donors (Lipinski definition) is 0. The molecule has 2 aromatic carbocycles. The van der Waals surface area contributed by atoms with Gasteiger partial charge in [-0.3, -0.25) is 19.8 Å². The highest BCUT2D eigenvalue weighted by Crippen LogP contribution is 2.38. The van der Waals surface area contributed by atoms with Crippen LogP contribution in [0.2, 0.25) is 0 Å². The molecule has 1 fully saturated rings. The molecule has 0 unspecified atom stereocenters. The van der Waals surface area contributed by atoms with Gasteiger partial charge in [0.05, 0.1) is 34.3 Å². The lowest BCUT2D eigenvalue weighted by Gasteiger charge is -2.14. The molecule has 0 saturated carbocycles. The van der Waals surface area contributed by atoms with E-state index in [0.717, 1.165) is 16.7 Å². The number of thiocarbonyl (C=S) groups is 1. The normalized spacial score (nSPS) is 15.0. The Morgan fingerprint density at radius 3 is 2.71 bits per heavy atom. The average molecular weight is 456 g/mol. The molecule has 3 aromatic rings. The summed E-state index contributed by atoms with van der Waals surface area (Å²) in [6.45, 7) is 0. The maximum Gasteiger partial charge on any atom is 0.284 e. The number of carbonyl (C=O) groups is 1. The minimum atomic E-state index is -0.563. The summed E-state index contributed by atoms with van der Waals surface area (Å²) in [6.07, 6.45) is 1.47. The van der Waals surface area contributed by atoms with Crippen molar-refractivity contribution in [1.29, 1.82) is 0 Å². The number of benzene rings is 2. The highest BCUT2D eigenvalue weighted by atomic mass is 32.2. The SMILES string of the molecule is COc1ccc(-c2ccc(/C=C3\SC(=S)N(c4ccccc4F)C3=O)o2)c([N+](=O)[O-])c1. The van der Waals surface area contributed by atoms with Crippen LogP contribution < -0.4 is 9.64 Å². The Labute approximate surface area is 185 Å². The van der Waals surface area contributed by atoms with Gasteiger partial charge < -0.3 is 9.15 Å². The number of carbonyl (C=O) groups excluding carboxylic acids is 1. The number of halogens is 1. The molecular formula is C21H13FN2O5S2. The van der Waals surface area contributed by atoms with E-state index >= 15 is 0 Å². The number of hydrogen-bond acceptors (Lipinski definition) is 7. The summed E-state index contributed by atoms with van der Waals surface area (Å²) in [4.78, 5) is 25.1. The fourth-order valence-electron chi connectivity index (χ4n) is 3.01. The Hall–Kier alpha value is -3.50. The van der Waals surface area contributed by atoms with Crippen LogP contribution in [0.1, 0.15) is 5.76 Å². The zero-order valence-corrected chi connectivity index (χ0v) is 17.5. The van der Waals surface area contributed by atoms with Gasteiger partial charge in [-0.05, 0) is 36.4 Å². The molecule has 0 N–H and O–H groups in total. The van der Waals surface area contributed by atoms with Crippen molar-refractivity contribution in [2.45, 2.75) is 0 Å². The van der Waals surface area contributed by atoms with Crippen molar-refractivity contribution in [3.8, 4) is 17.1 Å². The van der Waals surface area contributed by atoms with Crippen LogP contribution in [0.25, 0.3) is 17.4 Å². The molecule has 1 amide bonds. The quantitative estimate of drug-likeness (QED) is 0.220. The lowest BCUT2D eigenvalue weighted by molar-refractivity contribution is -0.384. The number of nitro groups is 1. The number of nitrogens with zero attached hydrogens (tertiary/aromatic N) is 2. The summed E-state index contributed by atoms with van der Waals surface area (Å²) in [6, 6.07) is 13.4. The van der Waals surface area contributed by atoms with Crippen LogP contribution in [0.4, 0.5) is 15.8 Å². The first kappa shape index (κ1) is 20.8. The van der Waals surface area contributed by atoms with Crippen molar-refractivity contribution < 1.29 is 23.3 Å². The van der Waals surface area contributed by atoms with Gasteiger partial charge in [0.15, 0.2) is 4.32 Å². The van der Waals surface area contributed by atoms with Crippen LogP contribution in [-0.4, -0.2) is 22.3 Å². The number of amides is 1. The summed E-state index contributed by atoms with van der Waals surface area (Å²) in [5.41, 5.74) is 0.165. The molecule has 10 heteroatoms. The molecule has 1 aliphatic heterocycles. The number of furan rings is 1. The first-order valence-corrected chi connectivity index (χ1v) is 10.1. The third-order valence-corrected chi connectivity index (χ3v) is 5.76. The van der Waals surface area contributed by atoms with Gasteiger partial charge in [0.2, 0.25) is 0 Å². The van der Waals surface area contributed by atoms with Gasteiger partial charge in [-0.2, -0.15) is 0 Å². The number of anilines is 1. The molecule has 0 aliphatic carbocycles. The molecule has 0 spiro atoms. The highest BCUT2D eigenvalue weighted by molar-refractivity contribution is 8.27. The van der Waals surface area contributed by atoms with E-state index in [1.807, 2.05) is 0 Å². The van der Waals surface area contributed by atoms with Crippen LogP contribution >= 0.6 is 24.0 Å². The second kappa shape index (κ2) is 8.32. The summed E-state index contributed by atoms with van der Waals surface area (Å²) in [5, 5.41) is 11.4. The molecule has 1 saturated heterocycles. The molecule has 0 bridgehead atoms. The van der Waals surface area contributed by atoms with Crippen molar-refractivity contribution in [2.75, 3.05) is 12.0 Å². The summed E-state index contributed by atoms with van der Waals surface area (Å²) in [5.74, 6) is -0.140. The molecule has 0 atom stereocenters. The second-order valence-corrected chi connectivity index (χ2v) is 7.99. The number of nitro benzene ring substituents is 1. The lowest BCUT2D eigenvalue weighted by Crippen LogP contribution is -2.28. The second-order valence-electron chi connectivity index (χ2n) is 6.31. The van der Waals surface area contributed by atoms with Gasteiger partial charge in [-0.15, -0.1) is 0 Å². The monoisotopic (exact) mass is 456 g/mol. The van der Waals surface area contributed by atoms with E-state index in [1.165, 1.54) is 43.5 Å². The fourth-order valence-corrected chi connectivity index (χ4v) is 4.28. The number of ether oxygens (including phenoxy) is 1. The number of methoxy groups -OCH3 is 1. The van der Waals surface area contributed by atoms with Crippen molar-refractivity contribution >= 4 is 51.7 Å². The fraction of sp³-hybridized carbons (Fsp3) is 0.0476. The minimum Gasteiger partial charge on any atom is -0.497 e. The summed E-state index contributed by atoms with van der Waals surface area (Å²) < 4.78 is 25.1. The molecular weight excluding hydrogens is 443 g/mol. The van der Waals surface area contributed by atoms with Crippen LogP contribution in [-0.2, 0) is 4.79 Å². The predicted molar refractivity (Wildman–Crippen MR) is 119 cm³/mol. The summed E-state index contributed by atoms with van der Waals surface area (Å²) in [7, 11) is 1.42. The Morgan fingerprint density at radius 2 is 2.00 bits per heavy atom. The zero-order chi connectivity index (χ0) is 22.1. The third-order valence-electron chi connectivity index (χ3n) is 4.45. The largest absolute Gasteiger partial charge is 0.497 e. The van der Waals surface area contributed by atoms with E-state index < -0.39 is 16.6 Å². The van der Waals surface area contributed by atoms with Crippen molar-refractivity contribution in [3.63, 3.8) is 0 Å². The van der Waals surface area contributed by atoms with Crippen molar-refractivity contribution in [1.82, 2.24) is 0 Å². The van der Waals surface area contributed by atoms with E-state index in [0.29, 0.717) is 11.5 Å². The number of thioether (sulfide) groups is 1. The van der Waals surface area contributed by atoms with E-state index in [9.17, 15) is 19.3 Å². The van der Waals surface area contributed by atoms with E-state index in [-0.39, 0.29) is 31.9 Å². The lowest BCUT2D eigenvalue weighted by atomic mass is 10.1. The van der Waals surface area contributed by atoms with Crippen molar-refractivity contribution in [2.24, 2.45) is 0 Å². The molecule has 1 aliphatic rings. The molecule has 0 radical (unpaired) electrons. The zero-order valence-electron chi connectivity index (χ0n) is 15.9. The molecule has 31 heavy (non-hydrogen) atoms. The summed E-state index contributed by atoms with van der Waals surface area (Å²) >= 11 is 6.26. The van der Waals surface area contributed by atoms with Gasteiger partial charge in [0, 0.05) is 6.08 Å². The molecule has 7 nitrogen and oxygen atoms in total. The van der Waals surface area contributed by atoms with Crippen LogP contribution in [0.5, 0.6) is 5.75 Å². The number of para-hydroxylation sites is 1.